The second-order valence-corrected chi connectivity index (χ2v) is 8.12. The number of amides is 1. The van der Waals surface area contributed by atoms with Gasteiger partial charge in [0.1, 0.15) is 11.5 Å². The standard InChI is InChI=1S/C21H22F4N8O2/c1-11-9-33(20(34)17-18(32(3)10-31-17)19-29-4-13(22)5-30-19)14(12(2)35-11)6-27-16-8-26-15(7-28-16)21(23,24)25/h4-5,7-8,10-12,14H,6,9H2,1-3H3,(H,27,28)/t11-,12+,14-/m1/s1. The zero-order chi connectivity index (χ0) is 25.3. The van der Waals surface area contributed by atoms with Gasteiger partial charge in [-0.25, -0.2) is 29.3 Å². The quantitative estimate of drug-likeness (QED) is 0.539. The van der Waals surface area contributed by atoms with E-state index in [0.29, 0.717) is 11.9 Å². The molecular formula is C21H22F4N8O2. The summed E-state index contributed by atoms with van der Waals surface area (Å²) in [7, 11) is 1.67. The summed E-state index contributed by atoms with van der Waals surface area (Å²) >= 11 is 0. The molecule has 10 nitrogen and oxygen atoms in total. The summed E-state index contributed by atoms with van der Waals surface area (Å²) in [5, 5.41) is 2.93. The van der Waals surface area contributed by atoms with Gasteiger partial charge in [0.15, 0.2) is 23.0 Å². The molecule has 0 radical (unpaired) electrons. The molecule has 1 saturated heterocycles. The largest absolute Gasteiger partial charge is 0.434 e. The van der Waals surface area contributed by atoms with Crippen molar-refractivity contribution >= 4 is 11.7 Å². The number of carbonyl (C=O) groups excluding carboxylic acids is 1. The van der Waals surface area contributed by atoms with E-state index in [1.807, 2.05) is 6.92 Å². The van der Waals surface area contributed by atoms with E-state index in [9.17, 15) is 22.4 Å². The monoisotopic (exact) mass is 494 g/mol. The minimum atomic E-state index is -4.59. The van der Waals surface area contributed by atoms with E-state index in [4.69, 9.17) is 4.74 Å². The van der Waals surface area contributed by atoms with Crippen LogP contribution in [0.2, 0.25) is 0 Å². The lowest BCUT2D eigenvalue weighted by molar-refractivity contribution is -0.141. The summed E-state index contributed by atoms with van der Waals surface area (Å²) in [4.78, 5) is 34.5. The number of carbonyl (C=O) groups is 1. The van der Waals surface area contributed by atoms with Gasteiger partial charge in [0, 0.05) is 20.1 Å². The molecule has 1 amide bonds. The third-order valence-electron chi connectivity index (χ3n) is 5.51. The summed E-state index contributed by atoms with van der Waals surface area (Å²) in [6, 6.07) is -0.508. The van der Waals surface area contributed by atoms with Gasteiger partial charge < -0.3 is 19.5 Å². The van der Waals surface area contributed by atoms with Crippen molar-refractivity contribution < 1.29 is 27.1 Å². The van der Waals surface area contributed by atoms with Gasteiger partial charge in [0.05, 0.1) is 49.4 Å². The zero-order valence-electron chi connectivity index (χ0n) is 19.0. The highest BCUT2D eigenvalue weighted by Crippen LogP contribution is 2.28. The lowest BCUT2D eigenvalue weighted by Gasteiger charge is -2.42. The third kappa shape index (κ3) is 5.21. The average Bonchev–Trinajstić information content (AvgIpc) is 3.19. The van der Waals surface area contributed by atoms with Gasteiger partial charge in [0.2, 0.25) is 0 Å². The minimum absolute atomic E-state index is 0.0831. The molecule has 3 atom stereocenters. The smallest absolute Gasteiger partial charge is 0.372 e. The van der Waals surface area contributed by atoms with E-state index in [-0.39, 0.29) is 36.5 Å². The summed E-state index contributed by atoms with van der Waals surface area (Å²) < 4.78 is 59.0. The van der Waals surface area contributed by atoms with Gasteiger partial charge >= 0.3 is 6.18 Å². The van der Waals surface area contributed by atoms with Crippen molar-refractivity contribution in [3.05, 3.63) is 48.3 Å². The number of nitrogens with one attached hydrogen (secondary N) is 1. The number of imidazole rings is 1. The molecule has 0 aromatic carbocycles. The van der Waals surface area contributed by atoms with E-state index >= 15 is 0 Å². The van der Waals surface area contributed by atoms with Crippen LogP contribution in [0, 0.1) is 5.82 Å². The highest BCUT2D eigenvalue weighted by Gasteiger charge is 2.38. The molecule has 1 fully saturated rings. The van der Waals surface area contributed by atoms with Crippen molar-refractivity contribution in [3.63, 3.8) is 0 Å². The van der Waals surface area contributed by atoms with Crippen molar-refractivity contribution in [3.8, 4) is 11.5 Å². The van der Waals surface area contributed by atoms with Gasteiger partial charge in [0.25, 0.3) is 5.91 Å². The zero-order valence-corrected chi connectivity index (χ0v) is 19.0. The Morgan fingerprint density at radius 1 is 1.11 bits per heavy atom. The molecule has 0 unspecified atom stereocenters. The van der Waals surface area contributed by atoms with E-state index in [1.165, 1.54) is 6.33 Å². The first-order chi connectivity index (χ1) is 16.5. The maximum atomic E-state index is 13.6. The molecule has 0 aliphatic carbocycles. The van der Waals surface area contributed by atoms with Crippen LogP contribution >= 0.6 is 0 Å². The fourth-order valence-corrected chi connectivity index (χ4v) is 3.87. The van der Waals surface area contributed by atoms with Gasteiger partial charge in [-0.05, 0) is 13.8 Å². The molecule has 1 aliphatic heterocycles. The van der Waals surface area contributed by atoms with Crippen LogP contribution in [0.4, 0.5) is 23.4 Å². The highest BCUT2D eigenvalue weighted by molar-refractivity contribution is 5.98. The molecule has 0 bridgehead atoms. The van der Waals surface area contributed by atoms with Crippen LogP contribution in [-0.4, -0.2) is 71.6 Å². The lowest BCUT2D eigenvalue weighted by atomic mass is 10.1. The molecule has 4 heterocycles. The number of rotatable bonds is 5. The van der Waals surface area contributed by atoms with Gasteiger partial charge in [-0.2, -0.15) is 13.2 Å². The van der Waals surface area contributed by atoms with Crippen LogP contribution < -0.4 is 5.32 Å². The van der Waals surface area contributed by atoms with E-state index in [1.54, 1.807) is 23.4 Å². The van der Waals surface area contributed by atoms with Crippen LogP contribution in [0.3, 0.4) is 0 Å². The van der Waals surface area contributed by atoms with Crippen molar-refractivity contribution in [2.24, 2.45) is 7.05 Å². The summed E-state index contributed by atoms with van der Waals surface area (Å²) in [6.07, 6.45) is -0.220. The summed E-state index contributed by atoms with van der Waals surface area (Å²) in [6.45, 7) is 4.00. The topological polar surface area (TPSA) is 111 Å². The van der Waals surface area contributed by atoms with Crippen LogP contribution in [0.25, 0.3) is 11.5 Å². The van der Waals surface area contributed by atoms with Crippen LogP contribution in [0.1, 0.15) is 30.0 Å². The molecule has 1 aliphatic rings. The van der Waals surface area contributed by atoms with Crippen molar-refractivity contribution in [2.75, 3.05) is 18.4 Å². The van der Waals surface area contributed by atoms with E-state index in [2.05, 4.69) is 30.2 Å². The van der Waals surface area contributed by atoms with Crippen LogP contribution in [-0.2, 0) is 18.0 Å². The van der Waals surface area contributed by atoms with Crippen molar-refractivity contribution in [2.45, 2.75) is 38.3 Å². The molecule has 14 heteroatoms. The van der Waals surface area contributed by atoms with Gasteiger partial charge in [-0.3, -0.25) is 4.79 Å². The van der Waals surface area contributed by atoms with Crippen molar-refractivity contribution in [1.29, 1.82) is 0 Å². The Morgan fingerprint density at radius 2 is 1.83 bits per heavy atom. The first-order valence-electron chi connectivity index (χ1n) is 10.6. The summed E-state index contributed by atoms with van der Waals surface area (Å²) in [5.74, 6) is -0.772. The molecule has 3 aromatic heterocycles. The Kier molecular flexibility index (Phi) is 6.65. The number of hydrogen-bond donors (Lipinski definition) is 1. The molecule has 186 valence electrons. The minimum Gasteiger partial charge on any atom is -0.372 e. The number of aryl methyl sites for hydroxylation is 1. The molecule has 0 saturated carbocycles. The lowest BCUT2D eigenvalue weighted by Crippen LogP contribution is -2.58. The second-order valence-electron chi connectivity index (χ2n) is 8.12. The summed E-state index contributed by atoms with van der Waals surface area (Å²) in [5.41, 5.74) is -0.699. The number of halogens is 4. The maximum absolute atomic E-state index is 13.6. The first kappa shape index (κ1) is 24.4. The Balaban J connectivity index is 1.57. The maximum Gasteiger partial charge on any atom is 0.434 e. The Morgan fingerprint density at radius 3 is 2.46 bits per heavy atom. The predicted molar refractivity (Wildman–Crippen MR) is 115 cm³/mol. The molecule has 1 N–H and O–H groups in total. The second kappa shape index (κ2) is 9.52. The Labute approximate surface area is 197 Å². The Hall–Kier alpha value is -3.68. The van der Waals surface area contributed by atoms with Crippen molar-refractivity contribution in [1.82, 2.24) is 34.4 Å². The number of morpholine rings is 1. The average molecular weight is 494 g/mol. The molecule has 35 heavy (non-hydrogen) atoms. The molecule has 0 spiro atoms. The Bertz CT molecular complexity index is 1180. The van der Waals surface area contributed by atoms with Gasteiger partial charge in [-0.15, -0.1) is 0 Å². The number of anilines is 1. The molecular weight excluding hydrogens is 472 g/mol. The SMILES string of the molecule is C[C@@H]1CN(C(=O)c2ncn(C)c2-c2ncc(F)cn2)[C@H](CNc2cnc(C(F)(F)F)cn2)[C@H](C)O1. The molecule has 3 aromatic rings. The number of hydrogen-bond acceptors (Lipinski definition) is 8. The fourth-order valence-electron chi connectivity index (χ4n) is 3.87. The van der Waals surface area contributed by atoms with Gasteiger partial charge in [-0.1, -0.05) is 0 Å². The normalized spacial score (nSPS) is 20.7. The first-order valence-corrected chi connectivity index (χ1v) is 10.6. The predicted octanol–water partition coefficient (Wildman–Crippen LogP) is 2.56. The fraction of sp³-hybridized carbons (Fsp3) is 0.429. The number of alkyl halides is 3. The number of nitrogens with zero attached hydrogens (tertiary/aromatic N) is 7. The number of aromatic nitrogens is 6. The number of ether oxygens (including phenoxy) is 1. The third-order valence-corrected chi connectivity index (χ3v) is 5.51. The van der Waals surface area contributed by atoms with E-state index in [0.717, 1.165) is 18.6 Å². The van der Waals surface area contributed by atoms with Crippen LogP contribution in [0.5, 0.6) is 0 Å². The molecule has 4 rings (SSSR count). The van der Waals surface area contributed by atoms with E-state index < -0.39 is 35.7 Å². The highest BCUT2D eigenvalue weighted by atomic mass is 19.4. The van der Waals surface area contributed by atoms with Crippen LogP contribution in [0.15, 0.2) is 31.1 Å².